The molecule has 0 aliphatic heterocycles. The second-order valence-corrected chi connectivity index (χ2v) is 3.96. The first-order chi connectivity index (χ1) is 6.36. The highest BCUT2D eigenvalue weighted by Crippen LogP contribution is 2.12. The van der Waals surface area contributed by atoms with Gasteiger partial charge in [0.2, 0.25) is 0 Å². The lowest BCUT2D eigenvalue weighted by Crippen LogP contribution is -2.37. The van der Waals surface area contributed by atoms with Gasteiger partial charge >= 0.3 is 0 Å². The number of rotatable bonds is 6. The Bertz CT molecular complexity index is 213. The van der Waals surface area contributed by atoms with E-state index in [9.17, 15) is 0 Å². The van der Waals surface area contributed by atoms with Gasteiger partial charge in [-0.1, -0.05) is 6.07 Å². The molecule has 0 spiro atoms. The zero-order valence-corrected chi connectivity index (χ0v) is 8.64. The molecule has 4 heteroatoms. The number of hydrogen-bond acceptors (Lipinski definition) is 4. The third kappa shape index (κ3) is 3.87. The van der Waals surface area contributed by atoms with Crippen LogP contribution in [0.25, 0.3) is 0 Å². The molecule has 13 heavy (non-hydrogen) atoms. The van der Waals surface area contributed by atoms with Crippen LogP contribution in [0.5, 0.6) is 0 Å². The summed E-state index contributed by atoms with van der Waals surface area (Å²) in [5.74, 6) is 5.43. The molecule has 1 aromatic heterocycles. The minimum atomic E-state index is 0.318. The van der Waals surface area contributed by atoms with Gasteiger partial charge in [0.15, 0.2) is 0 Å². The molecule has 0 aliphatic carbocycles. The molecule has 1 aromatic rings. The average molecular weight is 200 g/mol. The van der Waals surface area contributed by atoms with Crippen molar-refractivity contribution in [3.05, 3.63) is 22.4 Å². The van der Waals surface area contributed by atoms with Crippen molar-refractivity contribution in [2.24, 2.45) is 5.84 Å². The van der Waals surface area contributed by atoms with E-state index < -0.39 is 0 Å². The molecule has 1 heterocycles. The predicted molar refractivity (Wildman–Crippen MR) is 55.6 cm³/mol. The molecule has 1 rings (SSSR count). The molecule has 0 fully saturated rings. The Balaban J connectivity index is 2.31. The highest BCUT2D eigenvalue weighted by Gasteiger charge is 2.07. The van der Waals surface area contributed by atoms with Crippen LogP contribution in [0.1, 0.15) is 11.3 Å². The summed E-state index contributed by atoms with van der Waals surface area (Å²) < 4.78 is 5.00. The van der Waals surface area contributed by atoms with Crippen molar-refractivity contribution < 1.29 is 4.74 Å². The van der Waals surface area contributed by atoms with Crippen molar-refractivity contribution in [3.63, 3.8) is 0 Å². The van der Waals surface area contributed by atoms with Crippen molar-refractivity contribution in [3.8, 4) is 0 Å². The monoisotopic (exact) mass is 200 g/mol. The van der Waals surface area contributed by atoms with Gasteiger partial charge in [0.25, 0.3) is 0 Å². The van der Waals surface area contributed by atoms with Crippen LogP contribution < -0.4 is 11.3 Å². The maximum atomic E-state index is 5.43. The lowest BCUT2D eigenvalue weighted by Gasteiger charge is -2.13. The summed E-state index contributed by atoms with van der Waals surface area (Å²) >= 11 is 1.76. The van der Waals surface area contributed by atoms with Gasteiger partial charge in [-0.05, 0) is 24.3 Å². The summed E-state index contributed by atoms with van der Waals surface area (Å²) in [6.07, 6.45) is 1.93. The fourth-order valence-electron chi connectivity index (χ4n) is 1.18. The van der Waals surface area contributed by atoms with Crippen LogP contribution in [0, 0.1) is 0 Å². The van der Waals surface area contributed by atoms with Crippen LogP contribution in [-0.4, -0.2) is 19.8 Å². The average Bonchev–Trinajstić information content (AvgIpc) is 2.64. The Kier molecular flexibility index (Phi) is 5.00. The number of hydrazine groups is 1. The molecule has 3 N–H and O–H groups in total. The molecule has 0 amide bonds. The Labute approximate surface area is 82.9 Å². The van der Waals surface area contributed by atoms with E-state index in [1.807, 2.05) is 0 Å². The van der Waals surface area contributed by atoms with Crippen molar-refractivity contribution in [2.45, 2.75) is 18.9 Å². The van der Waals surface area contributed by atoms with Gasteiger partial charge in [0, 0.05) is 24.6 Å². The van der Waals surface area contributed by atoms with Gasteiger partial charge in [-0.15, -0.1) is 11.3 Å². The summed E-state index contributed by atoms with van der Waals surface area (Å²) in [6, 6.07) is 4.50. The van der Waals surface area contributed by atoms with Crippen LogP contribution in [0.3, 0.4) is 0 Å². The van der Waals surface area contributed by atoms with E-state index in [0.717, 1.165) is 19.4 Å². The van der Waals surface area contributed by atoms with E-state index in [1.54, 1.807) is 18.4 Å². The summed E-state index contributed by atoms with van der Waals surface area (Å²) in [5.41, 5.74) is 2.80. The van der Waals surface area contributed by atoms with E-state index in [2.05, 4.69) is 22.9 Å². The molecule has 3 nitrogen and oxygen atoms in total. The maximum Gasteiger partial charge on any atom is 0.0477 e. The predicted octanol–water partition coefficient (Wildman–Crippen LogP) is 1.16. The summed E-state index contributed by atoms with van der Waals surface area (Å²) in [5, 5.41) is 2.08. The Morgan fingerprint density at radius 2 is 2.54 bits per heavy atom. The molecule has 0 bridgehead atoms. The molecule has 74 valence electrons. The number of methoxy groups -OCH3 is 1. The maximum absolute atomic E-state index is 5.43. The van der Waals surface area contributed by atoms with Gasteiger partial charge in [-0.2, -0.15) is 0 Å². The molecular weight excluding hydrogens is 184 g/mol. The fraction of sp³-hybridized carbons (Fsp3) is 0.556. The lowest BCUT2D eigenvalue weighted by molar-refractivity contribution is 0.182. The van der Waals surface area contributed by atoms with Crippen LogP contribution in [-0.2, 0) is 11.2 Å². The van der Waals surface area contributed by atoms with Crippen LogP contribution in [0.15, 0.2) is 17.5 Å². The van der Waals surface area contributed by atoms with E-state index in [0.29, 0.717) is 6.04 Å². The van der Waals surface area contributed by atoms with Crippen LogP contribution in [0.2, 0.25) is 0 Å². The zero-order chi connectivity index (χ0) is 9.52. The fourth-order valence-corrected chi connectivity index (χ4v) is 1.96. The normalized spacial score (nSPS) is 13.1. The van der Waals surface area contributed by atoms with Gasteiger partial charge in [-0.3, -0.25) is 11.3 Å². The number of hydrogen-bond donors (Lipinski definition) is 2. The van der Waals surface area contributed by atoms with Crippen molar-refractivity contribution in [2.75, 3.05) is 13.7 Å². The Morgan fingerprint density at radius 3 is 3.08 bits per heavy atom. The van der Waals surface area contributed by atoms with E-state index in [-0.39, 0.29) is 0 Å². The third-order valence-corrected chi connectivity index (χ3v) is 2.83. The molecule has 0 saturated heterocycles. The largest absolute Gasteiger partial charge is 0.385 e. The summed E-state index contributed by atoms with van der Waals surface area (Å²) in [4.78, 5) is 1.36. The molecule has 1 unspecified atom stereocenters. The van der Waals surface area contributed by atoms with Gasteiger partial charge in [-0.25, -0.2) is 0 Å². The first-order valence-electron chi connectivity index (χ1n) is 4.34. The Morgan fingerprint density at radius 1 is 1.69 bits per heavy atom. The number of ether oxygens (including phenoxy) is 1. The smallest absolute Gasteiger partial charge is 0.0477 e. The third-order valence-electron chi connectivity index (χ3n) is 1.93. The second-order valence-electron chi connectivity index (χ2n) is 2.93. The first-order valence-corrected chi connectivity index (χ1v) is 5.22. The molecule has 0 saturated carbocycles. The van der Waals surface area contributed by atoms with E-state index >= 15 is 0 Å². The molecule has 0 aliphatic rings. The van der Waals surface area contributed by atoms with Gasteiger partial charge < -0.3 is 4.74 Å². The first kappa shape index (κ1) is 10.7. The standard InChI is InChI=1S/C9H16N2OS/c1-12-5-4-8(11-10)7-9-3-2-6-13-9/h2-3,6,8,11H,4-5,7,10H2,1H3. The highest BCUT2D eigenvalue weighted by molar-refractivity contribution is 7.09. The van der Waals surface area contributed by atoms with Crippen molar-refractivity contribution >= 4 is 11.3 Å². The minimum absolute atomic E-state index is 0.318. The minimum Gasteiger partial charge on any atom is -0.385 e. The number of nitrogens with one attached hydrogen (secondary N) is 1. The van der Waals surface area contributed by atoms with Crippen LogP contribution in [0.4, 0.5) is 0 Å². The van der Waals surface area contributed by atoms with Crippen molar-refractivity contribution in [1.29, 1.82) is 0 Å². The molecule has 1 atom stereocenters. The van der Waals surface area contributed by atoms with E-state index in [4.69, 9.17) is 10.6 Å². The SMILES string of the molecule is COCCC(Cc1cccs1)NN. The zero-order valence-electron chi connectivity index (χ0n) is 7.82. The molecule has 0 aromatic carbocycles. The Hall–Kier alpha value is -0.420. The number of thiophene rings is 1. The van der Waals surface area contributed by atoms with Crippen LogP contribution >= 0.6 is 11.3 Å². The molecule has 0 radical (unpaired) electrons. The highest BCUT2D eigenvalue weighted by atomic mass is 32.1. The summed E-state index contributed by atoms with van der Waals surface area (Å²) in [7, 11) is 1.71. The lowest BCUT2D eigenvalue weighted by atomic mass is 10.1. The quantitative estimate of drug-likeness (QED) is 0.535. The second kappa shape index (κ2) is 6.10. The van der Waals surface area contributed by atoms with Crippen molar-refractivity contribution in [1.82, 2.24) is 5.43 Å². The molecular formula is C9H16N2OS. The summed E-state index contributed by atoms with van der Waals surface area (Å²) in [6.45, 7) is 0.750. The topological polar surface area (TPSA) is 47.3 Å². The van der Waals surface area contributed by atoms with E-state index in [1.165, 1.54) is 4.88 Å². The van der Waals surface area contributed by atoms with Gasteiger partial charge in [0.05, 0.1) is 0 Å². The number of nitrogens with two attached hydrogens (primary N) is 1. The van der Waals surface area contributed by atoms with Gasteiger partial charge in [0.1, 0.15) is 0 Å².